The van der Waals surface area contributed by atoms with Crippen molar-refractivity contribution < 1.29 is 14.6 Å². The first kappa shape index (κ1) is 15.5. The zero-order chi connectivity index (χ0) is 14.3. The van der Waals surface area contributed by atoms with Crippen LogP contribution >= 0.6 is 0 Å². The highest BCUT2D eigenvalue weighted by Crippen LogP contribution is 2.19. The molecule has 0 radical (unpaired) electrons. The van der Waals surface area contributed by atoms with Gasteiger partial charge in [-0.3, -0.25) is 4.79 Å². The van der Waals surface area contributed by atoms with Crippen LogP contribution in [-0.4, -0.2) is 42.2 Å². The molecule has 106 valence electrons. The summed E-state index contributed by atoms with van der Waals surface area (Å²) < 4.78 is 5.26. The van der Waals surface area contributed by atoms with Gasteiger partial charge in [0, 0.05) is 24.8 Å². The summed E-state index contributed by atoms with van der Waals surface area (Å²) in [5, 5.41) is 8.89. The Labute approximate surface area is 115 Å². The highest BCUT2D eigenvalue weighted by Gasteiger charge is 2.18. The van der Waals surface area contributed by atoms with E-state index >= 15 is 0 Å². The molecule has 0 atom stereocenters. The van der Waals surface area contributed by atoms with Gasteiger partial charge < -0.3 is 14.7 Å². The summed E-state index contributed by atoms with van der Waals surface area (Å²) in [6, 6.07) is 7.68. The second-order valence-electron chi connectivity index (χ2n) is 4.75. The number of aliphatic hydroxyl groups excluding tert-OH is 1. The largest absolute Gasteiger partial charge is 0.496 e. The maximum Gasteiger partial charge on any atom is 0.227 e. The monoisotopic (exact) mass is 265 g/mol. The number of hydrogen-bond donors (Lipinski definition) is 1. The Morgan fingerprint density at radius 3 is 2.63 bits per heavy atom. The van der Waals surface area contributed by atoms with Crippen LogP contribution in [0.3, 0.4) is 0 Å². The standard InChI is InChI=1S/C15H23NO3/c1-12(2)16(9-6-10-17)15(18)11-13-7-4-5-8-14(13)19-3/h4-5,7-8,12,17H,6,9-11H2,1-3H3. The number of amides is 1. The van der Waals surface area contributed by atoms with Gasteiger partial charge in [-0.15, -0.1) is 0 Å². The van der Waals surface area contributed by atoms with Crippen molar-refractivity contribution in [1.29, 1.82) is 0 Å². The molecule has 1 aromatic rings. The first-order chi connectivity index (χ1) is 9.10. The molecule has 0 bridgehead atoms. The van der Waals surface area contributed by atoms with Crippen molar-refractivity contribution in [2.75, 3.05) is 20.3 Å². The zero-order valence-corrected chi connectivity index (χ0v) is 11.9. The Morgan fingerprint density at radius 2 is 2.05 bits per heavy atom. The molecule has 0 heterocycles. The molecule has 0 fully saturated rings. The van der Waals surface area contributed by atoms with E-state index in [0.29, 0.717) is 19.4 Å². The Bertz CT molecular complexity index is 404. The van der Waals surface area contributed by atoms with Crippen LogP contribution in [0.2, 0.25) is 0 Å². The molecule has 0 saturated carbocycles. The SMILES string of the molecule is COc1ccccc1CC(=O)N(CCCO)C(C)C. The molecule has 0 unspecified atom stereocenters. The molecule has 1 aromatic carbocycles. The quantitative estimate of drug-likeness (QED) is 0.818. The Morgan fingerprint density at radius 1 is 1.37 bits per heavy atom. The van der Waals surface area contributed by atoms with E-state index in [1.165, 1.54) is 0 Å². The van der Waals surface area contributed by atoms with E-state index in [0.717, 1.165) is 11.3 Å². The summed E-state index contributed by atoms with van der Waals surface area (Å²) in [6.07, 6.45) is 0.934. The molecule has 0 aliphatic rings. The highest BCUT2D eigenvalue weighted by atomic mass is 16.5. The van der Waals surface area contributed by atoms with E-state index in [1.807, 2.05) is 38.1 Å². The number of methoxy groups -OCH3 is 1. The summed E-state index contributed by atoms with van der Waals surface area (Å²) in [5.74, 6) is 0.801. The van der Waals surface area contributed by atoms with Crippen LogP contribution < -0.4 is 4.74 Å². The van der Waals surface area contributed by atoms with Gasteiger partial charge in [-0.2, -0.15) is 0 Å². The predicted octanol–water partition coefficient (Wildman–Crippen LogP) is 1.86. The maximum atomic E-state index is 12.3. The fraction of sp³-hybridized carbons (Fsp3) is 0.533. The van der Waals surface area contributed by atoms with E-state index in [4.69, 9.17) is 9.84 Å². The van der Waals surface area contributed by atoms with Crippen LogP contribution in [0, 0.1) is 0 Å². The molecule has 4 heteroatoms. The van der Waals surface area contributed by atoms with E-state index in [9.17, 15) is 4.79 Å². The number of hydrogen-bond acceptors (Lipinski definition) is 3. The molecule has 1 N–H and O–H groups in total. The number of nitrogens with zero attached hydrogens (tertiary/aromatic N) is 1. The van der Waals surface area contributed by atoms with Crippen LogP contribution in [0.15, 0.2) is 24.3 Å². The van der Waals surface area contributed by atoms with Gasteiger partial charge in [0.2, 0.25) is 5.91 Å². The molecule has 19 heavy (non-hydrogen) atoms. The summed E-state index contributed by atoms with van der Waals surface area (Å²) >= 11 is 0. The number of rotatable bonds is 7. The molecule has 0 aromatic heterocycles. The molecule has 0 saturated heterocycles. The minimum Gasteiger partial charge on any atom is -0.496 e. The second-order valence-corrected chi connectivity index (χ2v) is 4.75. The summed E-state index contributed by atoms with van der Waals surface area (Å²) in [7, 11) is 1.61. The van der Waals surface area contributed by atoms with Crippen LogP contribution in [0.1, 0.15) is 25.8 Å². The van der Waals surface area contributed by atoms with Crippen LogP contribution in [0.25, 0.3) is 0 Å². The molecule has 0 aliphatic heterocycles. The molecule has 1 amide bonds. The van der Waals surface area contributed by atoms with Crippen molar-refractivity contribution in [2.24, 2.45) is 0 Å². The summed E-state index contributed by atoms with van der Waals surface area (Å²) in [4.78, 5) is 14.1. The topological polar surface area (TPSA) is 49.8 Å². The Balaban J connectivity index is 2.75. The van der Waals surface area contributed by atoms with Gasteiger partial charge in [0.1, 0.15) is 5.75 Å². The lowest BCUT2D eigenvalue weighted by Gasteiger charge is -2.27. The Kier molecular flexibility index (Phi) is 6.36. The second kappa shape index (κ2) is 7.79. The minimum atomic E-state index is 0.0629. The van der Waals surface area contributed by atoms with E-state index in [1.54, 1.807) is 12.0 Å². The third-order valence-corrected chi connectivity index (χ3v) is 3.04. The maximum absolute atomic E-state index is 12.3. The van der Waals surface area contributed by atoms with Gasteiger partial charge in [-0.25, -0.2) is 0 Å². The molecule has 0 spiro atoms. The van der Waals surface area contributed by atoms with Crippen LogP contribution in [0.4, 0.5) is 0 Å². The highest BCUT2D eigenvalue weighted by molar-refractivity contribution is 5.79. The lowest BCUT2D eigenvalue weighted by Crippen LogP contribution is -2.39. The zero-order valence-electron chi connectivity index (χ0n) is 11.9. The fourth-order valence-corrected chi connectivity index (χ4v) is 2.03. The first-order valence-electron chi connectivity index (χ1n) is 6.62. The van der Waals surface area contributed by atoms with Crippen molar-refractivity contribution in [3.8, 4) is 5.75 Å². The number of carbonyl (C=O) groups is 1. The summed E-state index contributed by atoms with van der Waals surface area (Å²) in [5.41, 5.74) is 0.893. The molecular formula is C15H23NO3. The van der Waals surface area contributed by atoms with Crippen molar-refractivity contribution in [1.82, 2.24) is 4.90 Å². The van der Waals surface area contributed by atoms with Gasteiger partial charge in [0.05, 0.1) is 13.5 Å². The average Bonchev–Trinajstić information content (AvgIpc) is 2.39. The number of carbonyl (C=O) groups excluding carboxylic acids is 1. The first-order valence-corrected chi connectivity index (χ1v) is 6.62. The average molecular weight is 265 g/mol. The van der Waals surface area contributed by atoms with Crippen LogP contribution in [-0.2, 0) is 11.2 Å². The van der Waals surface area contributed by atoms with Gasteiger partial charge in [-0.1, -0.05) is 18.2 Å². The normalized spacial score (nSPS) is 10.6. The molecule has 4 nitrogen and oxygen atoms in total. The van der Waals surface area contributed by atoms with Crippen molar-refractivity contribution >= 4 is 5.91 Å². The smallest absolute Gasteiger partial charge is 0.227 e. The predicted molar refractivity (Wildman–Crippen MR) is 75.2 cm³/mol. The Hall–Kier alpha value is -1.55. The van der Waals surface area contributed by atoms with Gasteiger partial charge >= 0.3 is 0 Å². The van der Waals surface area contributed by atoms with Crippen molar-refractivity contribution in [3.63, 3.8) is 0 Å². The molecular weight excluding hydrogens is 242 g/mol. The fourth-order valence-electron chi connectivity index (χ4n) is 2.03. The van der Waals surface area contributed by atoms with Gasteiger partial charge in [-0.05, 0) is 26.3 Å². The van der Waals surface area contributed by atoms with Crippen molar-refractivity contribution in [3.05, 3.63) is 29.8 Å². The van der Waals surface area contributed by atoms with E-state index in [2.05, 4.69) is 0 Å². The number of ether oxygens (including phenoxy) is 1. The summed E-state index contributed by atoms with van der Waals surface area (Å²) in [6.45, 7) is 4.66. The number of para-hydroxylation sites is 1. The van der Waals surface area contributed by atoms with Gasteiger partial charge in [0.25, 0.3) is 0 Å². The molecule has 0 aliphatic carbocycles. The minimum absolute atomic E-state index is 0.0629. The van der Waals surface area contributed by atoms with E-state index < -0.39 is 0 Å². The third-order valence-electron chi connectivity index (χ3n) is 3.04. The lowest BCUT2D eigenvalue weighted by atomic mass is 10.1. The lowest BCUT2D eigenvalue weighted by molar-refractivity contribution is -0.132. The third kappa shape index (κ3) is 4.56. The van der Waals surface area contributed by atoms with Crippen molar-refractivity contribution in [2.45, 2.75) is 32.7 Å². The number of benzene rings is 1. The van der Waals surface area contributed by atoms with Gasteiger partial charge in [0.15, 0.2) is 0 Å². The van der Waals surface area contributed by atoms with E-state index in [-0.39, 0.29) is 18.6 Å². The molecule has 1 rings (SSSR count). The van der Waals surface area contributed by atoms with Crippen LogP contribution in [0.5, 0.6) is 5.75 Å². The number of aliphatic hydroxyl groups is 1.